The molecule has 0 saturated heterocycles. The van der Waals surface area contributed by atoms with Crippen LogP contribution in [0.5, 0.6) is 0 Å². The van der Waals surface area contributed by atoms with Gasteiger partial charge >= 0.3 is 0 Å². The molecule has 3 nitrogen and oxygen atoms in total. The molecule has 0 aliphatic carbocycles. The summed E-state index contributed by atoms with van der Waals surface area (Å²) < 4.78 is 0. The van der Waals surface area contributed by atoms with Crippen LogP contribution in [0.3, 0.4) is 0 Å². The van der Waals surface area contributed by atoms with Gasteiger partial charge in [-0.05, 0) is 25.5 Å². The molecule has 2 aromatic rings. The van der Waals surface area contributed by atoms with Gasteiger partial charge in [0.1, 0.15) is 0 Å². The fraction of sp³-hybridized carbons (Fsp3) is 0.267. The third kappa shape index (κ3) is 3.58. The molecule has 0 aliphatic heterocycles. The number of anilines is 1. The topological polar surface area (TPSA) is 55.1 Å². The van der Waals surface area contributed by atoms with E-state index in [0.29, 0.717) is 10.6 Å². The lowest BCUT2D eigenvalue weighted by Crippen LogP contribution is -2.30. The van der Waals surface area contributed by atoms with Crippen LogP contribution in [0.15, 0.2) is 36.4 Å². The van der Waals surface area contributed by atoms with Crippen LogP contribution in [0.2, 0.25) is 0 Å². The fourth-order valence-corrected chi connectivity index (χ4v) is 2.82. The summed E-state index contributed by atoms with van der Waals surface area (Å²) in [6.45, 7) is 3.87. The largest absolute Gasteiger partial charge is 0.390 e. The minimum atomic E-state index is -0.0944. The van der Waals surface area contributed by atoms with Gasteiger partial charge in [0.15, 0.2) is 0 Å². The van der Waals surface area contributed by atoms with E-state index in [1.807, 2.05) is 38.1 Å². The first kappa shape index (κ1) is 13.6. The third-order valence-electron chi connectivity index (χ3n) is 2.70. The minimum absolute atomic E-state index is 0.0944. The quantitative estimate of drug-likeness (QED) is 0.900. The molecule has 3 N–H and O–H groups in total. The molecule has 0 spiro atoms. The van der Waals surface area contributed by atoms with E-state index < -0.39 is 0 Å². The van der Waals surface area contributed by atoms with Crippen molar-refractivity contribution in [3.05, 3.63) is 52.4 Å². The summed E-state index contributed by atoms with van der Waals surface area (Å²) in [6.07, 6.45) is 0.810. The van der Waals surface area contributed by atoms with E-state index >= 15 is 0 Å². The van der Waals surface area contributed by atoms with Gasteiger partial charge in [-0.2, -0.15) is 0 Å². The lowest BCUT2D eigenvalue weighted by atomic mass is 10.1. The molecular formula is C15H18N2OS. The second-order valence-electron chi connectivity index (χ2n) is 4.78. The number of carbonyl (C=O) groups excluding carboxylic acids is 1. The van der Waals surface area contributed by atoms with Gasteiger partial charge in [0.05, 0.1) is 10.6 Å². The SMILES string of the molecule is CC(C)NC(=O)c1cc(Cc2ccccc2)sc1N. The number of thiophene rings is 1. The Balaban J connectivity index is 2.15. The first-order valence-corrected chi connectivity index (χ1v) is 7.11. The number of hydrogen-bond donors (Lipinski definition) is 2. The van der Waals surface area contributed by atoms with Crippen LogP contribution in [-0.2, 0) is 6.42 Å². The Bertz CT molecular complexity index is 561. The van der Waals surface area contributed by atoms with E-state index in [0.717, 1.165) is 11.3 Å². The summed E-state index contributed by atoms with van der Waals surface area (Å²) in [5.74, 6) is -0.0944. The summed E-state index contributed by atoms with van der Waals surface area (Å²) in [5.41, 5.74) is 7.74. The van der Waals surface area contributed by atoms with Crippen LogP contribution in [0.4, 0.5) is 5.00 Å². The van der Waals surface area contributed by atoms with Crippen LogP contribution < -0.4 is 11.1 Å². The molecule has 19 heavy (non-hydrogen) atoms. The Hall–Kier alpha value is -1.81. The molecule has 0 unspecified atom stereocenters. The molecule has 1 aromatic carbocycles. The Kier molecular flexibility index (Phi) is 4.22. The molecule has 0 atom stereocenters. The summed E-state index contributed by atoms with van der Waals surface area (Å²) in [6, 6.07) is 12.2. The Morgan fingerprint density at radius 2 is 2.00 bits per heavy atom. The maximum absolute atomic E-state index is 12.0. The smallest absolute Gasteiger partial charge is 0.254 e. The highest BCUT2D eigenvalue weighted by Crippen LogP contribution is 2.27. The van der Waals surface area contributed by atoms with Crippen molar-refractivity contribution in [2.24, 2.45) is 0 Å². The lowest BCUT2D eigenvalue weighted by molar-refractivity contribution is 0.0944. The molecule has 1 heterocycles. The second-order valence-corrected chi connectivity index (χ2v) is 5.95. The van der Waals surface area contributed by atoms with Gasteiger partial charge in [0.2, 0.25) is 0 Å². The molecule has 0 saturated carbocycles. The van der Waals surface area contributed by atoms with Crippen LogP contribution in [-0.4, -0.2) is 11.9 Å². The Morgan fingerprint density at radius 3 is 2.63 bits per heavy atom. The number of nitrogen functional groups attached to an aromatic ring is 1. The van der Waals surface area contributed by atoms with Gasteiger partial charge in [-0.3, -0.25) is 4.79 Å². The summed E-state index contributed by atoms with van der Waals surface area (Å²) in [4.78, 5) is 13.1. The highest BCUT2D eigenvalue weighted by Gasteiger charge is 2.14. The Labute approximate surface area is 117 Å². The zero-order valence-electron chi connectivity index (χ0n) is 11.1. The van der Waals surface area contributed by atoms with Crippen LogP contribution in [0.1, 0.15) is 34.6 Å². The van der Waals surface area contributed by atoms with Crippen LogP contribution >= 0.6 is 11.3 Å². The molecule has 100 valence electrons. The van der Waals surface area contributed by atoms with Crippen molar-refractivity contribution in [3.8, 4) is 0 Å². The van der Waals surface area contributed by atoms with Gasteiger partial charge in [-0.15, -0.1) is 11.3 Å². The van der Waals surface area contributed by atoms with Crippen molar-refractivity contribution < 1.29 is 4.79 Å². The maximum atomic E-state index is 12.0. The average molecular weight is 274 g/mol. The maximum Gasteiger partial charge on any atom is 0.254 e. The van der Waals surface area contributed by atoms with E-state index in [-0.39, 0.29) is 11.9 Å². The van der Waals surface area contributed by atoms with Crippen molar-refractivity contribution in [2.45, 2.75) is 26.3 Å². The van der Waals surface area contributed by atoms with Crippen molar-refractivity contribution in [2.75, 3.05) is 5.73 Å². The van der Waals surface area contributed by atoms with Gasteiger partial charge in [0.25, 0.3) is 5.91 Å². The predicted molar refractivity (Wildman–Crippen MR) is 80.6 cm³/mol. The minimum Gasteiger partial charge on any atom is -0.390 e. The molecule has 4 heteroatoms. The number of hydrogen-bond acceptors (Lipinski definition) is 3. The molecule has 1 aromatic heterocycles. The average Bonchev–Trinajstić information content (AvgIpc) is 2.70. The third-order valence-corrected chi connectivity index (χ3v) is 3.66. The monoisotopic (exact) mass is 274 g/mol. The van der Waals surface area contributed by atoms with Crippen molar-refractivity contribution in [1.82, 2.24) is 5.32 Å². The van der Waals surface area contributed by atoms with Gasteiger partial charge < -0.3 is 11.1 Å². The summed E-state index contributed by atoms with van der Waals surface area (Å²) in [7, 11) is 0. The summed E-state index contributed by atoms with van der Waals surface area (Å²) in [5, 5.41) is 3.45. The van der Waals surface area contributed by atoms with Gasteiger partial charge in [-0.25, -0.2) is 0 Å². The van der Waals surface area contributed by atoms with Gasteiger partial charge in [-0.1, -0.05) is 30.3 Å². The lowest BCUT2D eigenvalue weighted by Gasteiger charge is -2.06. The number of benzene rings is 1. The molecule has 0 fully saturated rings. The molecule has 0 aliphatic rings. The first-order valence-electron chi connectivity index (χ1n) is 6.29. The fourth-order valence-electron chi connectivity index (χ4n) is 1.86. The van der Waals surface area contributed by atoms with E-state index in [9.17, 15) is 4.79 Å². The molecule has 0 bridgehead atoms. The van der Waals surface area contributed by atoms with E-state index in [4.69, 9.17) is 5.73 Å². The zero-order valence-corrected chi connectivity index (χ0v) is 12.0. The van der Waals surface area contributed by atoms with E-state index in [2.05, 4.69) is 17.4 Å². The van der Waals surface area contributed by atoms with Crippen molar-refractivity contribution in [3.63, 3.8) is 0 Å². The van der Waals surface area contributed by atoms with Crippen molar-refractivity contribution in [1.29, 1.82) is 0 Å². The summed E-state index contributed by atoms with van der Waals surface area (Å²) >= 11 is 1.48. The molecule has 1 amide bonds. The van der Waals surface area contributed by atoms with Gasteiger partial charge in [0, 0.05) is 17.3 Å². The van der Waals surface area contributed by atoms with E-state index in [1.54, 1.807) is 0 Å². The molecular weight excluding hydrogens is 256 g/mol. The second kappa shape index (κ2) is 5.89. The normalized spacial score (nSPS) is 10.7. The van der Waals surface area contributed by atoms with Crippen LogP contribution in [0, 0.1) is 0 Å². The Morgan fingerprint density at radius 1 is 1.32 bits per heavy atom. The number of amides is 1. The van der Waals surface area contributed by atoms with Crippen molar-refractivity contribution >= 4 is 22.2 Å². The highest BCUT2D eigenvalue weighted by atomic mass is 32.1. The number of carbonyl (C=O) groups is 1. The first-order chi connectivity index (χ1) is 9.06. The standard InChI is InChI=1S/C15H18N2OS/c1-10(2)17-15(18)13-9-12(19-14(13)16)8-11-6-4-3-5-7-11/h3-7,9-10H,8,16H2,1-2H3,(H,17,18). The van der Waals surface area contributed by atoms with E-state index in [1.165, 1.54) is 16.9 Å². The number of nitrogens with one attached hydrogen (secondary N) is 1. The number of rotatable bonds is 4. The zero-order chi connectivity index (χ0) is 13.8. The van der Waals surface area contributed by atoms with Crippen LogP contribution in [0.25, 0.3) is 0 Å². The number of nitrogens with two attached hydrogens (primary N) is 1. The predicted octanol–water partition coefficient (Wildman–Crippen LogP) is 3.06. The highest BCUT2D eigenvalue weighted by molar-refractivity contribution is 7.16. The molecule has 0 radical (unpaired) electrons. The molecule has 2 rings (SSSR count).